The summed E-state index contributed by atoms with van der Waals surface area (Å²) in [7, 11) is 0. The second-order valence-corrected chi connectivity index (χ2v) is 8.11. The summed E-state index contributed by atoms with van der Waals surface area (Å²) in [5.41, 5.74) is 1.38. The summed E-state index contributed by atoms with van der Waals surface area (Å²) in [6.07, 6.45) is 4.33. The van der Waals surface area contributed by atoms with E-state index in [0.29, 0.717) is 24.9 Å². The van der Waals surface area contributed by atoms with Crippen molar-refractivity contribution in [2.24, 2.45) is 0 Å². The van der Waals surface area contributed by atoms with E-state index in [1.807, 2.05) is 12.1 Å². The standard InChI is InChI=1S/C21H29N3O3/c1-21(2,23-12-4-3-5-13-23)15-22-20(27)17-8-6-16(7-9-17)14-24-18(25)10-11-19(24)26/h6-9H,3-5,10-15H2,1-2H3,(H,22,27). The molecule has 27 heavy (non-hydrogen) atoms. The van der Waals surface area contributed by atoms with Gasteiger partial charge in [0.25, 0.3) is 5.91 Å². The Morgan fingerprint density at radius 1 is 1.00 bits per heavy atom. The third-order valence-electron chi connectivity index (χ3n) is 5.61. The highest BCUT2D eigenvalue weighted by Crippen LogP contribution is 2.20. The monoisotopic (exact) mass is 371 g/mol. The number of hydrogen-bond acceptors (Lipinski definition) is 4. The van der Waals surface area contributed by atoms with Crippen molar-refractivity contribution in [3.63, 3.8) is 0 Å². The lowest BCUT2D eigenvalue weighted by Gasteiger charge is -2.41. The first-order valence-electron chi connectivity index (χ1n) is 9.82. The normalized spacial score (nSPS) is 18.8. The fourth-order valence-corrected chi connectivity index (χ4v) is 3.75. The third-order valence-corrected chi connectivity index (χ3v) is 5.61. The number of rotatable bonds is 6. The maximum atomic E-state index is 12.5. The summed E-state index contributed by atoms with van der Waals surface area (Å²) in [6, 6.07) is 7.13. The average molecular weight is 371 g/mol. The zero-order chi connectivity index (χ0) is 19.4. The summed E-state index contributed by atoms with van der Waals surface area (Å²) in [4.78, 5) is 39.6. The molecule has 2 aliphatic rings. The van der Waals surface area contributed by atoms with E-state index in [9.17, 15) is 14.4 Å². The van der Waals surface area contributed by atoms with E-state index in [0.717, 1.165) is 18.7 Å². The van der Waals surface area contributed by atoms with Crippen molar-refractivity contribution >= 4 is 17.7 Å². The van der Waals surface area contributed by atoms with Gasteiger partial charge in [-0.1, -0.05) is 18.6 Å². The van der Waals surface area contributed by atoms with Crippen LogP contribution in [0, 0.1) is 0 Å². The van der Waals surface area contributed by atoms with E-state index in [2.05, 4.69) is 24.1 Å². The van der Waals surface area contributed by atoms with Gasteiger partial charge in [-0.15, -0.1) is 0 Å². The lowest BCUT2D eigenvalue weighted by molar-refractivity contribution is -0.139. The van der Waals surface area contributed by atoms with Gasteiger partial charge >= 0.3 is 0 Å². The molecule has 2 fully saturated rings. The molecule has 1 aromatic carbocycles. The van der Waals surface area contributed by atoms with Crippen LogP contribution in [0.2, 0.25) is 0 Å². The van der Waals surface area contributed by atoms with Gasteiger partial charge in [0.1, 0.15) is 0 Å². The van der Waals surface area contributed by atoms with Crippen molar-refractivity contribution in [3.8, 4) is 0 Å². The van der Waals surface area contributed by atoms with Crippen molar-refractivity contribution in [1.82, 2.24) is 15.1 Å². The van der Waals surface area contributed by atoms with Gasteiger partial charge < -0.3 is 5.32 Å². The van der Waals surface area contributed by atoms with Crippen LogP contribution in [-0.4, -0.2) is 52.7 Å². The molecular formula is C21H29N3O3. The van der Waals surface area contributed by atoms with Crippen LogP contribution < -0.4 is 5.32 Å². The quantitative estimate of drug-likeness (QED) is 0.779. The molecule has 2 heterocycles. The molecule has 0 unspecified atom stereocenters. The smallest absolute Gasteiger partial charge is 0.251 e. The summed E-state index contributed by atoms with van der Waals surface area (Å²) in [5.74, 6) is -0.344. The van der Waals surface area contributed by atoms with E-state index in [-0.39, 0.29) is 29.8 Å². The van der Waals surface area contributed by atoms with Crippen LogP contribution in [0.3, 0.4) is 0 Å². The van der Waals surface area contributed by atoms with E-state index >= 15 is 0 Å². The van der Waals surface area contributed by atoms with Gasteiger partial charge in [-0.05, 0) is 57.5 Å². The van der Waals surface area contributed by atoms with E-state index in [1.165, 1.54) is 24.2 Å². The van der Waals surface area contributed by atoms with Gasteiger partial charge in [-0.2, -0.15) is 0 Å². The maximum Gasteiger partial charge on any atom is 0.251 e. The Balaban J connectivity index is 1.54. The number of nitrogens with zero attached hydrogens (tertiary/aromatic N) is 2. The molecule has 1 N–H and O–H groups in total. The second kappa shape index (κ2) is 8.21. The van der Waals surface area contributed by atoms with Gasteiger partial charge in [-0.25, -0.2) is 0 Å². The molecule has 1 aromatic rings. The van der Waals surface area contributed by atoms with Crippen molar-refractivity contribution in [2.75, 3.05) is 19.6 Å². The van der Waals surface area contributed by atoms with Gasteiger partial charge in [0, 0.05) is 30.5 Å². The minimum absolute atomic E-state index is 0.0630. The summed E-state index contributed by atoms with van der Waals surface area (Å²) in [6.45, 7) is 7.40. The lowest BCUT2D eigenvalue weighted by atomic mass is 9.98. The number of hydrogen-bond donors (Lipinski definition) is 1. The summed E-state index contributed by atoms with van der Waals surface area (Å²) < 4.78 is 0. The molecule has 0 spiro atoms. The molecule has 0 bridgehead atoms. The van der Waals surface area contributed by atoms with Crippen molar-refractivity contribution in [2.45, 2.75) is 58.0 Å². The molecule has 0 saturated carbocycles. The van der Waals surface area contributed by atoms with Gasteiger partial charge in [0.15, 0.2) is 0 Å². The average Bonchev–Trinajstić information content (AvgIpc) is 2.99. The molecule has 6 heteroatoms. The molecule has 6 nitrogen and oxygen atoms in total. The minimum atomic E-state index is -0.123. The highest BCUT2D eigenvalue weighted by atomic mass is 16.2. The Labute approximate surface area is 160 Å². The number of carbonyl (C=O) groups excluding carboxylic acids is 3. The molecule has 0 radical (unpaired) electrons. The molecule has 2 saturated heterocycles. The third kappa shape index (κ3) is 4.75. The Morgan fingerprint density at radius 3 is 2.19 bits per heavy atom. The van der Waals surface area contributed by atoms with Crippen LogP contribution in [0.15, 0.2) is 24.3 Å². The SMILES string of the molecule is CC(C)(CNC(=O)c1ccc(CN2C(=O)CCC2=O)cc1)N1CCCCC1. The predicted molar refractivity (Wildman–Crippen MR) is 103 cm³/mol. The van der Waals surface area contributed by atoms with Gasteiger partial charge in [0.05, 0.1) is 6.54 Å². The van der Waals surface area contributed by atoms with Crippen molar-refractivity contribution in [3.05, 3.63) is 35.4 Å². The number of likely N-dealkylation sites (tertiary alicyclic amines) is 2. The molecule has 146 valence electrons. The Morgan fingerprint density at radius 2 is 1.59 bits per heavy atom. The van der Waals surface area contributed by atoms with Gasteiger partial charge in [0.2, 0.25) is 11.8 Å². The Bertz CT molecular complexity index is 690. The number of imide groups is 1. The number of nitrogens with one attached hydrogen (secondary N) is 1. The predicted octanol–water partition coefficient (Wildman–Crippen LogP) is 2.33. The molecule has 3 amide bonds. The molecule has 0 aliphatic carbocycles. The van der Waals surface area contributed by atoms with E-state index in [1.54, 1.807) is 12.1 Å². The second-order valence-electron chi connectivity index (χ2n) is 8.11. The molecule has 0 atom stereocenters. The topological polar surface area (TPSA) is 69.7 Å². The van der Waals surface area contributed by atoms with E-state index < -0.39 is 0 Å². The molecular weight excluding hydrogens is 342 g/mol. The van der Waals surface area contributed by atoms with Crippen molar-refractivity contribution < 1.29 is 14.4 Å². The zero-order valence-corrected chi connectivity index (χ0v) is 16.3. The first kappa shape index (κ1) is 19.5. The highest BCUT2D eigenvalue weighted by Gasteiger charge is 2.29. The molecule has 2 aliphatic heterocycles. The van der Waals surface area contributed by atoms with Crippen LogP contribution in [0.5, 0.6) is 0 Å². The van der Waals surface area contributed by atoms with Crippen LogP contribution in [0.4, 0.5) is 0 Å². The fraction of sp³-hybridized carbons (Fsp3) is 0.571. The summed E-state index contributed by atoms with van der Waals surface area (Å²) in [5, 5.41) is 3.04. The zero-order valence-electron chi connectivity index (χ0n) is 16.3. The Kier molecular flexibility index (Phi) is 5.95. The Hall–Kier alpha value is -2.21. The largest absolute Gasteiger partial charge is 0.350 e. The van der Waals surface area contributed by atoms with Gasteiger partial charge in [-0.3, -0.25) is 24.2 Å². The fourth-order valence-electron chi connectivity index (χ4n) is 3.75. The van der Waals surface area contributed by atoms with Crippen LogP contribution in [-0.2, 0) is 16.1 Å². The molecule has 0 aromatic heterocycles. The van der Waals surface area contributed by atoms with Crippen LogP contribution in [0.25, 0.3) is 0 Å². The maximum absolute atomic E-state index is 12.5. The minimum Gasteiger partial charge on any atom is -0.350 e. The van der Waals surface area contributed by atoms with Crippen molar-refractivity contribution in [1.29, 1.82) is 0 Å². The van der Waals surface area contributed by atoms with Crippen LogP contribution >= 0.6 is 0 Å². The van der Waals surface area contributed by atoms with Crippen LogP contribution in [0.1, 0.15) is 61.9 Å². The molecule has 3 rings (SSSR count). The lowest BCUT2D eigenvalue weighted by Crippen LogP contribution is -2.53. The first-order chi connectivity index (χ1) is 12.9. The number of amides is 3. The first-order valence-corrected chi connectivity index (χ1v) is 9.82. The number of benzene rings is 1. The highest BCUT2D eigenvalue weighted by molar-refractivity contribution is 6.01. The van der Waals surface area contributed by atoms with E-state index in [4.69, 9.17) is 0 Å². The summed E-state index contributed by atoms with van der Waals surface area (Å²) >= 11 is 0. The number of carbonyl (C=O) groups is 3. The number of piperidine rings is 1.